The van der Waals surface area contributed by atoms with Gasteiger partial charge in [0.2, 0.25) is 59.1 Å². The summed E-state index contributed by atoms with van der Waals surface area (Å²) < 4.78 is 0. The van der Waals surface area contributed by atoms with Crippen molar-refractivity contribution in [1.82, 2.24) is 92.2 Å². The zero-order valence-corrected chi connectivity index (χ0v) is 54.5. The Labute approximate surface area is 554 Å². The first-order valence-electron chi connectivity index (χ1n) is 32.2. The van der Waals surface area contributed by atoms with Gasteiger partial charge in [0.25, 0.3) is 0 Å². The van der Waals surface area contributed by atoms with E-state index in [-0.39, 0.29) is 116 Å². The number of H-pyrrole nitrogens is 2. The molecule has 0 aliphatic carbocycles. The van der Waals surface area contributed by atoms with Crippen molar-refractivity contribution >= 4 is 87.9 Å². The summed E-state index contributed by atoms with van der Waals surface area (Å²) in [5, 5.41) is 53.1. The van der Waals surface area contributed by atoms with Crippen LogP contribution in [-0.4, -0.2) is 310 Å². The smallest absolute Gasteiger partial charge is 0.317 e. The first-order valence-corrected chi connectivity index (χ1v) is 32.2. The van der Waals surface area contributed by atoms with E-state index in [1.165, 1.54) is 19.4 Å². The van der Waals surface area contributed by atoms with Crippen LogP contribution in [0.1, 0.15) is 57.7 Å². The number of aromatic nitrogens is 3. The van der Waals surface area contributed by atoms with E-state index in [2.05, 4.69) is 62.8 Å². The number of likely N-dealkylation sites (tertiary alicyclic amines) is 2. The number of carbonyl (C=O) groups is 13. The number of carboxylic acids is 3. The van der Waals surface area contributed by atoms with Crippen molar-refractivity contribution in [3.8, 4) is 0 Å². The zero-order chi connectivity index (χ0) is 69.8. The fourth-order valence-corrected chi connectivity index (χ4v) is 11.6. The first-order chi connectivity index (χ1) is 45.8. The van der Waals surface area contributed by atoms with Gasteiger partial charge in [0.05, 0.1) is 64.7 Å². The number of hydrogen-bond donors (Lipinski definition) is 15. The molecule has 1 unspecified atom stereocenters. The summed E-state index contributed by atoms with van der Waals surface area (Å²) in [7, 11) is 0. The van der Waals surface area contributed by atoms with E-state index in [0.29, 0.717) is 56.7 Å². The molecule has 2 aromatic heterocycles. The van der Waals surface area contributed by atoms with E-state index in [1.807, 2.05) is 32.9 Å². The van der Waals surface area contributed by atoms with Crippen LogP contribution in [0.4, 0.5) is 0 Å². The van der Waals surface area contributed by atoms with Gasteiger partial charge in [-0.1, -0.05) is 32.0 Å². The third-order valence-corrected chi connectivity index (χ3v) is 16.8. The maximum absolute atomic E-state index is 14.1. The second-order valence-corrected chi connectivity index (χ2v) is 24.6. The lowest BCUT2D eigenvalue weighted by molar-refractivity contribution is -0.140. The number of aliphatic carboxylic acids is 3. The van der Waals surface area contributed by atoms with Gasteiger partial charge in [0.15, 0.2) is 0 Å². The molecule has 35 heteroatoms. The average molecular weight is 1350 g/mol. The normalized spacial score (nSPS) is 18.1. The highest BCUT2D eigenvalue weighted by Crippen LogP contribution is 2.20. The summed E-state index contributed by atoms with van der Waals surface area (Å²) in [6.45, 7) is 6.10. The Bertz CT molecular complexity index is 3130. The average Bonchev–Trinajstić information content (AvgIpc) is 1.68. The third kappa shape index (κ3) is 26.2. The van der Waals surface area contributed by atoms with Gasteiger partial charge in [0.1, 0.15) is 24.2 Å². The van der Waals surface area contributed by atoms with Gasteiger partial charge in [-0.3, -0.25) is 91.7 Å². The topological polar surface area (TPSA) is 481 Å². The minimum Gasteiger partial charge on any atom is -0.480 e. The molecule has 16 N–H and O–H groups in total. The van der Waals surface area contributed by atoms with Crippen LogP contribution in [0.25, 0.3) is 10.9 Å². The SMILES string of the molecule is CC(C)C(NC(=O)[C@H](C)NC(=O)[C@H](Cc1c[nH]c2ccccc12)NC(=O)CNC(=O)CNC(=O)CN1CCC(NC(=O)CN2CCN(CC(=O)O)CCN(CC(=O)O)CCN(CC(=O)O)CC2)CC1)C(=O)NCC(=O)N[C@@H](Cc1cnc[nH]1)C(=O)NCCN1CCC[C@H]1C(N)=O. The predicted octanol–water partition coefficient (Wildman–Crippen LogP) is -6.24. The number of nitrogens with two attached hydrogens (primary N) is 1. The minimum atomic E-state index is -1.30. The Morgan fingerprint density at radius 1 is 0.552 bits per heavy atom. The molecule has 96 heavy (non-hydrogen) atoms. The molecule has 5 heterocycles. The summed E-state index contributed by atoms with van der Waals surface area (Å²) >= 11 is 0. The zero-order valence-electron chi connectivity index (χ0n) is 54.5. The quantitative estimate of drug-likeness (QED) is 0.0264. The molecule has 3 aromatic rings. The standard InChI is InChI=1S/C61H93N19O16/c1-38(2)56(61(96)68-31-50(83)73-46(26-42-28-63-37-69-42)59(94)64-12-16-80-13-6-9-47(80)57(62)92)74-58(93)39(3)70-60(95)45(25-40-27-65-44-8-5-4-7-43(40)44)72-49(82)30-66-48(81)29-67-51(84)32-75-14-10-41(11-15-75)71-52(85)33-76-17-19-77(34-53(86)87)21-23-79(36-55(90)91)24-22-78(20-18-76)35-54(88)89/h4-5,7-8,27-28,37-39,41,45-47,56,65H,6,9-26,29-36H2,1-3H3,(H2,62,92)(H,63,69)(H,64,94)(H,66,81)(H,67,84)(H,68,96)(H,70,95)(H,71,85)(H,72,82)(H,73,83)(H,74,93)(H,86,87)(H,88,89)(H,90,91)/t39-,45-,46-,47-,56?/m0/s1. The lowest BCUT2D eigenvalue weighted by Crippen LogP contribution is -2.58. The number of hydrogen-bond acceptors (Lipinski definition) is 20. The number of nitrogens with one attached hydrogen (secondary N) is 11. The van der Waals surface area contributed by atoms with Crippen molar-refractivity contribution in [2.75, 3.05) is 137 Å². The summed E-state index contributed by atoms with van der Waals surface area (Å²) in [5.74, 6) is -9.92. The van der Waals surface area contributed by atoms with Crippen LogP contribution < -0.4 is 53.6 Å². The molecule has 0 saturated carbocycles. The Balaban J connectivity index is 0.935. The molecule has 3 saturated heterocycles. The van der Waals surface area contributed by atoms with Crippen molar-refractivity contribution in [3.05, 3.63) is 54.2 Å². The highest BCUT2D eigenvalue weighted by Gasteiger charge is 2.33. The number of piperidine rings is 1. The maximum Gasteiger partial charge on any atom is 0.317 e. The van der Waals surface area contributed by atoms with Crippen LogP contribution in [-0.2, 0) is 75.2 Å². The molecule has 0 radical (unpaired) electrons. The number of aromatic amines is 2. The molecule has 5 atom stereocenters. The van der Waals surface area contributed by atoms with Gasteiger partial charge in [-0.2, -0.15) is 0 Å². The molecule has 6 rings (SSSR count). The lowest BCUT2D eigenvalue weighted by Gasteiger charge is -2.34. The van der Waals surface area contributed by atoms with Crippen LogP contribution in [0.5, 0.6) is 0 Å². The summed E-state index contributed by atoms with van der Waals surface area (Å²) in [5.41, 5.74) is 7.48. The minimum absolute atomic E-state index is 0.0355. The molecule has 3 fully saturated rings. The molecule has 1 aromatic carbocycles. The van der Waals surface area contributed by atoms with Crippen molar-refractivity contribution in [3.63, 3.8) is 0 Å². The first kappa shape index (κ1) is 75.9. The van der Waals surface area contributed by atoms with Crippen molar-refractivity contribution in [2.24, 2.45) is 11.7 Å². The maximum atomic E-state index is 14.1. The Hall–Kier alpha value is -9.16. The Morgan fingerprint density at radius 3 is 1.65 bits per heavy atom. The number of benzene rings is 1. The third-order valence-electron chi connectivity index (χ3n) is 16.8. The van der Waals surface area contributed by atoms with Gasteiger partial charge >= 0.3 is 17.9 Å². The van der Waals surface area contributed by atoms with E-state index >= 15 is 0 Å². The van der Waals surface area contributed by atoms with Gasteiger partial charge in [-0.25, -0.2) is 4.98 Å². The highest BCUT2D eigenvalue weighted by atomic mass is 16.4. The largest absolute Gasteiger partial charge is 0.480 e. The molecule has 10 amide bonds. The predicted molar refractivity (Wildman–Crippen MR) is 345 cm³/mol. The molecular formula is C61H93N19O16. The Morgan fingerprint density at radius 2 is 1.08 bits per heavy atom. The van der Waals surface area contributed by atoms with Crippen molar-refractivity contribution in [1.29, 1.82) is 0 Å². The van der Waals surface area contributed by atoms with Crippen molar-refractivity contribution < 1.29 is 77.6 Å². The Kier molecular flexibility index (Phi) is 30.3. The van der Waals surface area contributed by atoms with Gasteiger partial charge < -0.3 is 78.9 Å². The van der Waals surface area contributed by atoms with E-state index < -0.39 is 127 Å². The van der Waals surface area contributed by atoms with E-state index in [4.69, 9.17) is 5.73 Å². The van der Waals surface area contributed by atoms with Crippen molar-refractivity contribution in [2.45, 2.75) is 95.5 Å². The fourth-order valence-electron chi connectivity index (χ4n) is 11.6. The number of amides is 10. The number of carbonyl (C=O) groups excluding carboxylic acids is 10. The summed E-state index contributed by atoms with van der Waals surface area (Å²) in [6.07, 6.45) is 6.98. The number of para-hydroxylation sites is 1. The molecular weight excluding hydrogens is 1250 g/mol. The number of carboxylic acid groups (broad SMARTS) is 3. The van der Waals surface area contributed by atoms with Crippen LogP contribution in [0.3, 0.4) is 0 Å². The van der Waals surface area contributed by atoms with E-state index in [1.54, 1.807) is 40.8 Å². The fraction of sp³-hybridized carbons (Fsp3) is 0.607. The summed E-state index contributed by atoms with van der Waals surface area (Å²) in [4.78, 5) is 188. The molecule has 0 bridgehead atoms. The number of imidazole rings is 1. The second-order valence-electron chi connectivity index (χ2n) is 24.6. The molecule has 0 spiro atoms. The second kappa shape index (κ2) is 38.4. The van der Waals surface area contributed by atoms with Gasteiger partial charge in [-0.05, 0) is 56.7 Å². The van der Waals surface area contributed by atoms with Crippen LogP contribution >= 0.6 is 0 Å². The van der Waals surface area contributed by atoms with E-state index in [9.17, 15) is 77.6 Å². The van der Waals surface area contributed by atoms with Gasteiger partial charge in [0, 0.05) is 126 Å². The molecule has 528 valence electrons. The lowest BCUT2D eigenvalue weighted by atomic mass is 10.0. The monoisotopic (exact) mass is 1350 g/mol. The van der Waals surface area contributed by atoms with Gasteiger partial charge in [-0.15, -0.1) is 0 Å². The molecule has 3 aliphatic rings. The van der Waals surface area contributed by atoms with Crippen LogP contribution in [0.15, 0.2) is 43.0 Å². The van der Waals surface area contributed by atoms with Crippen LogP contribution in [0.2, 0.25) is 0 Å². The number of nitrogens with zero attached hydrogens (tertiary/aromatic N) is 7. The van der Waals surface area contributed by atoms with E-state index in [0.717, 1.165) is 17.3 Å². The summed E-state index contributed by atoms with van der Waals surface area (Å²) in [6, 6.07) is 1.75. The highest BCUT2D eigenvalue weighted by molar-refractivity contribution is 5.97. The number of primary amides is 1. The molecule has 3 aliphatic heterocycles. The molecule has 35 nitrogen and oxygen atoms in total. The number of fused-ring (bicyclic) bond motifs is 1. The van der Waals surface area contributed by atoms with Crippen LogP contribution in [0, 0.1) is 5.92 Å². The number of rotatable bonds is 34.